The van der Waals surface area contributed by atoms with Gasteiger partial charge in [-0.1, -0.05) is 13.3 Å². The number of hydrogen-bond donors (Lipinski definition) is 1. The Morgan fingerprint density at radius 1 is 1.35 bits per heavy atom. The summed E-state index contributed by atoms with van der Waals surface area (Å²) in [5, 5.41) is 0. The van der Waals surface area contributed by atoms with Crippen molar-refractivity contribution in [1.29, 1.82) is 0 Å². The predicted molar refractivity (Wildman–Crippen MR) is 73.2 cm³/mol. The van der Waals surface area contributed by atoms with Gasteiger partial charge in [-0.05, 0) is 45.1 Å². The van der Waals surface area contributed by atoms with E-state index in [1.165, 1.54) is 32.1 Å². The van der Waals surface area contributed by atoms with Crippen molar-refractivity contribution < 1.29 is 4.74 Å². The van der Waals surface area contributed by atoms with Crippen LogP contribution in [0.25, 0.3) is 0 Å². The van der Waals surface area contributed by atoms with E-state index in [0.717, 1.165) is 32.0 Å². The van der Waals surface area contributed by atoms with Crippen LogP contribution < -0.4 is 5.73 Å². The molecule has 102 valence electrons. The Bertz CT molecular complexity index is 200. The Morgan fingerprint density at radius 2 is 2.00 bits per heavy atom. The van der Waals surface area contributed by atoms with E-state index in [1.54, 1.807) is 7.11 Å². The molecule has 17 heavy (non-hydrogen) atoms. The molecule has 0 amide bonds. The zero-order valence-electron chi connectivity index (χ0n) is 11.9. The summed E-state index contributed by atoms with van der Waals surface area (Å²) in [4.78, 5) is 2.48. The first kappa shape index (κ1) is 14.9. The molecule has 0 unspecified atom stereocenters. The molecule has 0 aliphatic heterocycles. The summed E-state index contributed by atoms with van der Waals surface area (Å²) in [6.07, 6.45) is 7.67. The average Bonchev–Trinajstić information content (AvgIpc) is 2.39. The standard InChI is InChI=1S/C14H30N2O/c1-4-13-6-8-14(12-15,9-7-13)16(2)10-5-11-17-3/h13H,4-12,15H2,1-3H3. The van der Waals surface area contributed by atoms with Crippen LogP contribution in [0.15, 0.2) is 0 Å². The number of likely N-dealkylation sites (N-methyl/N-ethyl adjacent to an activating group) is 1. The van der Waals surface area contributed by atoms with Crippen LogP contribution in [0.2, 0.25) is 0 Å². The van der Waals surface area contributed by atoms with Crippen molar-refractivity contribution in [2.75, 3.05) is 33.9 Å². The van der Waals surface area contributed by atoms with E-state index in [9.17, 15) is 0 Å². The highest BCUT2D eigenvalue weighted by Crippen LogP contribution is 2.36. The molecule has 0 radical (unpaired) electrons. The molecule has 0 aromatic heterocycles. The van der Waals surface area contributed by atoms with Crippen molar-refractivity contribution in [2.24, 2.45) is 11.7 Å². The molecule has 0 aromatic rings. The maximum atomic E-state index is 6.06. The SMILES string of the molecule is CCC1CCC(CN)(N(C)CCCOC)CC1. The molecule has 1 rings (SSSR count). The van der Waals surface area contributed by atoms with Gasteiger partial charge in [0.15, 0.2) is 0 Å². The second kappa shape index (κ2) is 7.34. The van der Waals surface area contributed by atoms with Crippen molar-refractivity contribution in [2.45, 2.75) is 51.0 Å². The fourth-order valence-electron chi connectivity index (χ4n) is 3.05. The highest BCUT2D eigenvalue weighted by molar-refractivity contribution is 4.94. The normalized spacial score (nSPS) is 29.8. The fourth-order valence-corrected chi connectivity index (χ4v) is 3.05. The van der Waals surface area contributed by atoms with Crippen molar-refractivity contribution in [3.63, 3.8) is 0 Å². The topological polar surface area (TPSA) is 38.5 Å². The minimum Gasteiger partial charge on any atom is -0.385 e. The lowest BCUT2D eigenvalue weighted by Crippen LogP contribution is -2.54. The molecule has 0 saturated heterocycles. The first-order chi connectivity index (χ1) is 8.18. The third kappa shape index (κ3) is 3.94. The number of nitrogens with two attached hydrogens (primary N) is 1. The fraction of sp³-hybridized carbons (Fsp3) is 1.00. The van der Waals surface area contributed by atoms with Crippen LogP contribution in [0, 0.1) is 5.92 Å². The Balaban J connectivity index is 2.45. The molecule has 0 bridgehead atoms. The average molecular weight is 242 g/mol. The second-order valence-electron chi connectivity index (χ2n) is 5.55. The third-order valence-corrected chi connectivity index (χ3v) is 4.64. The van der Waals surface area contributed by atoms with Gasteiger partial charge < -0.3 is 10.5 Å². The lowest BCUT2D eigenvalue weighted by molar-refractivity contribution is 0.0561. The predicted octanol–water partition coefficient (Wildman–Crippen LogP) is 2.25. The Kier molecular flexibility index (Phi) is 6.45. The number of methoxy groups -OCH3 is 1. The van der Waals surface area contributed by atoms with Crippen LogP contribution in [-0.2, 0) is 4.74 Å². The number of nitrogens with zero attached hydrogens (tertiary/aromatic N) is 1. The number of hydrogen-bond acceptors (Lipinski definition) is 3. The van der Waals surface area contributed by atoms with Crippen LogP contribution in [0.1, 0.15) is 45.4 Å². The van der Waals surface area contributed by atoms with Crippen molar-refractivity contribution in [1.82, 2.24) is 4.90 Å². The highest BCUT2D eigenvalue weighted by Gasteiger charge is 2.36. The van der Waals surface area contributed by atoms with E-state index in [4.69, 9.17) is 10.5 Å². The molecule has 0 spiro atoms. The van der Waals surface area contributed by atoms with E-state index < -0.39 is 0 Å². The zero-order valence-corrected chi connectivity index (χ0v) is 11.9. The summed E-state index contributed by atoms with van der Waals surface area (Å²) in [5.41, 5.74) is 6.32. The molecular formula is C14H30N2O. The largest absolute Gasteiger partial charge is 0.385 e. The van der Waals surface area contributed by atoms with Gasteiger partial charge in [-0.3, -0.25) is 4.90 Å². The van der Waals surface area contributed by atoms with Gasteiger partial charge in [-0.2, -0.15) is 0 Å². The monoisotopic (exact) mass is 242 g/mol. The maximum absolute atomic E-state index is 6.06. The Labute approximate surface area is 107 Å². The van der Waals surface area contributed by atoms with Gasteiger partial charge >= 0.3 is 0 Å². The molecule has 0 aromatic carbocycles. The summed E-state index contributed by atoms with van der Waals surface area (Å²) in [6, 6.07) is 0. The van der Waals surface area contributed by atoms with Gasteiger partial charge in [0.2, 0.25) is 0 Å². The van der Waals surface area contributed by atoms with Crippen molar-refractivity contribution in [3.8, 4) is 0 Å². The van der Waals surface area contributed by atoms with Gasteiger partial charge in [-0.25, -0.2) is 0 Å². The Hall–Kier alpha value is -0.120. The number of rotatable bonds is 7. The molecule has 3 nitrogen and oxygen atoms in total. The van der Waals surface area contributed by atoms with Gasteiger partial charge in [-0.15, -0.1) is 0 Å². The minimum atomic E-state index is 0.263. The second-order valence-corrected chi connectivity index (χ2v) is 5.55. The summed E-state index contributed by atoms with van der Waals surface area (Å²) < 4.78 is 5.12. The van der Waals surface area contributed by atoms with Gasteiger partial charge in [0.05, 0.1) is 0 Å². The van der Waals surface area contributed by atoms with Crippen LogP contribution in [0.4, 0.5) is 0 Å². The third-order valence-electron chi connectivity index (χ3n) is 4.64. The molecule has 1 saturated carbocycles. The summed E-state index contributed by atoms with van der Waals surface area (Å²) in [5.74, 6) is 0.932. The quantitative estimate of drug-likeness (QED) is 0.696. The number of ether oxygens (including phenoxy) is 1. The van der Waals surface area contributed by atoms with E-state index in [2.05, 4.69) is 18.9 Å². The van der Waals surface area contributed by atoms with Crippen LogP contribution in [-0.4, -0.2) is 44.3 Å². The molecule has 3 heteroatoms. The zero-order chi connectivity index (χ0) is 12.7. The maximum Gasteiger partial charge on any atom is 0.0474 e. The summed E-state index contributed by atoms with van der Waals surface area (Å²) in [6.45, 7) is 5.06. The van der Waals surface area contributed by atoms with Gasteiger partial charge in [0, 0.05) is 32.3 Å². The lowest BCUT2D eigenvalue weighted by Gasteiger charge is -2.46. The van der Waals surface area contributed by atoms with E-state index in [0.29, 0.717) is 0 Å². The van der Waals surface area contributed by atoms with Crippen molar-refractivity contribution in [3.05, 3.63) is 0 Å². The molecular weight excluding hydrogens is 212 g/mol. The molecule has 2 N–H and O–H groups in total. The van der Waals surface area contributed by atoms with Gasteiger partial charge in [0.1, 0.15) is 0 Å². The van der Waals surface area contributed by atoms with Crippen LogP contribution in [0.3, 0.4) is 0 Å². The smallest absolute Gasteiger partial charge is 0.0474 e. The first-order valence-electron chi connectivity index (χ1n) is 7.08. The van der Waals surface area contributed by atoms with E-state index >= 15 is 0 Å². The van der Waals surface area contributed by atoms with E-state index in [1.807, 2.05) is 0 Å². The summed E-state index contributed by atoms with van der Waals surface area (Å²) in [7, 11) is 4.00. The molecule has 1 fully saturated rings. The lowest BCUT2D eigenvalue weighted by atomic mass is 9.74. The summed E-state index contributed by atoms with van der Waals surface area (Å²) >= 11 is 0. The molecule has 1 aliphatic carbocycles. The van der Waals surface area contributed by atoms with Gasteiger partial charge in [0.25, 0.3) is 0 Å². The highest BCUT2D eigenvalue weighted by atomic mass is 16.5. The van der Waals surface area contributed by atoms with E-state index in [-0.39, 0.29) is 5.54 Å². The molecule has 0 heterocycles. The van der Waals surface area contributed by atoms with Crippen LogP contribution in [0.5, 0.6) is 0 Å². The first-order valence-corrected chi connectivity index (χ1v) is 7.08. The molecule has 0 atom stereocenters. The minimum absolute atomic E-state index is 0.263. The Morgan fingerprint density at radius 3 is 2.47 bits per heavy atom. The molecule has 1 aliphatic rings. The van der Waals surface area contributed by atoms with Crippen molar-refractivity contribution >= 4 is 0 Å². The van der Waals surface area contributed by atoms with Crippen LogP contribution >= 0.6 is 0 Å².